The average molecular weight is 237 g/mol. The predicted molar refractivity (Wildman–Crippen MR) is 66.3 cm³/mol. The highest BCUT2D eigenvalue weighted by Gasteiger charge is 2.19. The second-order valence-electron chi connectivity index (χ2n) is 5.28. The van der Waals surface area contributed by atoms with E-state index in [1.54, 1.807) is 0 Å². The lowest BCUT2D eigenvalue weighted by Gasteiger charge is -2.26. The highest BCUT2D eigenvalue weighted by atomic mass is 15.5. The monoisotopic (exact) mass is 237 g/mol. The van der Waals surface area contributed by atoms with E-state index in [2.05, 4.69) is 27.8 Å². The zero-order valence-corrected chi connectivity index (χ0v) is 10.9. The maximum Gasteiger partial charge on any atom is 0.165 e. The van der Waals surface area contributed by atoms with Gasteiger partial charge in [0.05, 0.1) is 6.54 Å². The molecule has 0 aromatic carbocycles. The lowest BCUT2D eigenvalue weighted by Crippen LogP contribution is -2.18. The molecule has 5 heteroatoms. The Labute approximate surface area is 103 Å². The predicted octanol–water partition coefficient (Wildman–Crippen LogP) is 1.61. The van der Waals surface area contributed by atoms with Gasteiger partial charge in [-0.3, -0.25) is 0 Å². The summed E-state index contributed by atoms with van der Waals surface area (Å²) in [5.41, 5.74) is 0. The molecule has 0 saturated heterocycles. The molecule has 1 aromatic heterocycles. The third kappa shape index (κ3) is 3.49. The van der Waals surface area contributed by atoms with Gasteiger partial charge in [-0.05, 0) is 42.2 Å². The summed E-state index contributed by atoms with van der Waals surface area (Å²) in [5, 5.41) is 14.9. The van der Waals surface area contributed by atoms with Crippen LogP contribution in [0.1, 0.15) is 44.9 Å². The molecule has 17 heavy (non-hydrogen) atoms. The molecule has 1 saturated carbocycles. The maximum absolute atomic E-state index is 4.05. The van der Waals surface area contributed by atoms with Gasteiger partial charge in [0.25, 0.3) is 0 Å². The smallest absolute Gasteiger partial charge is 0.165 e. The second-order valence-corrected chi connectivity index (χ2v) is 5.28. The van der Waals surface area contributed by atoms with Crippen molar-refractivity contribution in [3.05, 3.63) is 5.82 Å². The van der Waals surface area contributed by atoms with E-state index < -0.39 is 0 Å². The van der Waals surface area contributed by atoms with Crippen molar-refractivity contribution in [2.24, 2.45) is 11.8 Å². The van der Waals surface area contributed by atoms with Crippen molar-refractivity contribution in [2.45, 2.75) is 52.1 Å². The summed E-state index contributed by atoms with van der Waals surface area (Å²) >= 11 is 0. The first kappa shape index (κ1) is 12.5. The first-order valence-corrected chi connectivity index (χ1v) is 6.69. The second kappa shape index (κ2) is 6.10. The molecular weight excluding hydrogens is 214 g/mol. The quantitative estimate of drug-likeness (QED) is 0.845. The minimum Gasteiger partial charge on any atom is -0.313 e. The van der Waals surface area contributed by atoms with Crippen LogP contribution in [0, 0.1) is 11.8 Å². The lowest BCUT2D eigenvalue weighted by atomic mass is 9.81. The summed E-state index contributed by atoms with van der Waals surface area (Å²) in [4.78, 5) is 0. The lowest BCUT2D eigenvalue weighted by molar-refractivity contribution is 0.256. The molecular formula is C12H23N5. The number of nitrogens with one attached hydrogen (secondary N) is 1. The molecule has 0 radical (unpaired) electrons. The minimum atomic E-state index is 0.744. The molecule has 1 heterocycles. The van der Waals surface area contributed by atoms with Gasteiger partial charge in [0.1, 0.15) is 0 Å². The summed E-state index contributed by atoms with van der Waals surface area (Å²) < 4.78 is 1.94. The number of nitrogens with zero attached hydrogens (tertiary/aromatic N) is 4. The van der Waals surface area contributed by atoms with E-state index in [1.807, 2.05) is 11.7 Å². The van der Waals surface area contributed by atoms with Crippen LogP contribution in [-0.2, 0) is 13.1 Å². The van der Waals surface area contributed by atoms with Crippen LogP contribution in [0.5, 0.6) is 0 Å². The number of tetrazole rings is 1. The molecule has 1 aromatic rings. The van der Waals surface area contributed by atoms with E-state index in [4.69, 9.17) is 0 Å². The fourth-order valence-corrected chi connectivity index (χ4v) is 2.81. The van der Waals surface area contributed by atoms with Crippen LogP contribution in [0.4, 0.5) is 0 Å². The molecule has 0 aliphatic heterocycles. The van der Waals surface area contributed by atoms with Gasteiger partial charge in [-0.1, -0.05) is 26.2 Å². The van der Waals surface area contributed by atoms with Gasteiger partial charge in [-0.25, -0.2) is 4.68 Å². The summed E-state index contributed by atoms with van der Waals surface area (Å²) in [6.45, 7) is 4.07. The third-order valence-corrected chi connectivity index (χ3v) is 3.74. The van der Waals surface area contributed by atoms with E-state index in [0.717, 1.165) is 30.7 Å². The van der Waals surface area contributed by atoms with Gasteiger partial charge < -0.3 is 5.32 Å². The van der Waals surface area contributed by atoms with Crippen LogP contribution in [-0.4, -0.2) is 27.3 Å². The normalized spacial score (nSPS) is 25.1. The SMILES string of the molecule is CNCc1nnnn1CCC1CCCC(C)C1. The Kier molecular flexibility index (Phi) is 4.48. The molecule has 0 spiro atoms. The van der Waals surface area contributed by atoms with Crippen molar-refractivity contribution in [3.63, 3.8) is 0 Å². The van der Waals surface area contributed by atoms with Crippen LogP contribution in [0.15, 0.2) is 0 Å². The molecule has 0 bridgehead atoms. The Bertz CT molecular complexity index is 335. The van der Waals surface area contributed by atoms with Crippen molar-refractivity contribution in [1.29, 1.82) is 0 Å². The highest BCUT2D eigenvalue weighted by Crippen LogP contribution is 2.30. The number of hydrogen-bond donors (Lipinski definition) is 1. The van der Waals surface area contributed by atoms with Crippen molar-refractivity contribution < 1.29 is 0 Å². The number of rotatable bonds is 5. The van der Waals surface area contributed by atoms with Gasteiger partial charge in [0.2, 0.25) is 0 Å². The Morgan fingerprint density at radius 1 is 1.41 bits per heavy atom. The number of hydrogen-bond acceptors (Lipinski definition) is 4. The molecule has 5 nitrogen and oxygen atoms in total. The molecule has 2 rings (SSSR count). The summed E-state index contributed by atoms with van der Waals surface area (Å²) in [6, 6.07) is 0. The molecule has 1 aliphatic carbocycles. The average Bonchev–Trinajstić information content (AvgIpc) is 2.75. The first-order valence-electron chi connectivity index (χ1n) is 6.69. The standard InChI is InChI=1S/C12H23N5/c1-10-4-3-5-11(8-10)6-7-17-12(9-13-2)14-15-16-17/h10-11,13H,3-9H2,1-2H3. The molecule has 96 valence electrons. The summed E-state index contributed by atoms with van der Waals surface area (Å²) in [5.74, 6) is 2.71. The molecule has 2 unspecified atom stereocenters. The van der Waals surface area contributed by atoms with Gasteiger partial charge in [0.15, 0.2) is 5.82 Å². The third-order valence-electron chi connectivity index (χ3n) is 3.74. The van der Waals surface area contributed by atoms with Crippen molar-refractivity contribution >= 4 is 0 Å². The van der Waals surface area contributed by atoms with Crippen LogP contribution >= 0.6 is 0 Å². The number of aromatic nitrogens is 4. The fraction of sp³-hybridized carbons (Fsp3) is 0.917. The first-order chi connectivity index (χ1) is 8.29. The van der Waals surface area contributed by atoms with Crippen LogP contribution in [0.25, 0.3) is 0 Å². The Hall–Kier alpha value is -0.970. The van der Waals surface area contributed by atoms with Crippen LogP contribution < -0.4 is 5.32 Å². The molecule has 1 fully saturated rings. The van der Waals surface area contributed by atoms with Crippen molar-refractivity contribution in [2.75, 3.05) is 7.05 Å². The van der Waals surface area contributed by atoms with Gasteiger partial charge in [-0.2, -0.15) is 0 Å². The maximum atomic E-state index is 4.05. The summed E-state index contributed by atoms with van der Waals surface area (Å²) in [6.07, 6.45) is 6.78. The van der Waals surface area contributed by atoms with E-state index in [9.17, 15) is 0 Å². The van der Waals surface area contributed by atoms with E-state index in [1.165, 1.54) is 32.1 Å². The van der Waals surface area contributed by atoms with Gasteiger partial charge in [-0.15, -0.1) is 5.10 Å². The van der Waals surface area contributed by atoms with Crippen molar-refractivity contribution in [1.82, 2.24) is 25.5 Å². The van der Waals surface area contributed by atoms with E-state index in [0.29, 0.717) is 0 Å². The van der Waals surface area contributed by atoms with Gasteiger partial charge >= 0.3 is 0 Å². The zero-order chi connectivity index (χ0) is 12.1. The summed E-state index contributed by atoms with van der Waals surface area (Å²) in [7, 11) is 1.92. The molecule has 2 atom stereocenters. The Morgan fingerprint density at radius 3 is 3.06 bits per heavy atom. The largest absolute Gasteiger partial charge is 0.313 e. The van der Waals surface area contributed by atoms with Crippen LogP contribution in [0.3, 0.4) is 0 Å². The molecule has 1 N–H and O–H groups in total. The Balaban J connectivity index is 1.82. The topological polar surface area (TPSA) is 55.6 Å². The van der Waals surface area contributed by atoms with E-state index in [-0.39, 0.29) is 0 Å². The van der Waals surface area contributed by atoms with Crippen LogP contribution in [0.2, 0.25) is 0 Å². The fourth-order valence-electron chi connectivity index (χ4n) is 2.81. The minimum absolute atomic E-state index is 0.744. The van der Waals surface area contributed by atoms with E-state index >= 15 is 0 Å². The zero-order valence-electron chi connectivity index (χ0n) is 10.9. The number of aryl methyl sites for hydroxylation is 1. The highest BCUT2D eigenvalue weighted by molar-refractivity contribution is 4.80. The Morgan fingerprint density at radius 2 is 2.29 bits per heavy atom. The molecule has 0 amide bonds. The van der Waals surface area contributed by atoms with Crippen molar-refractivity contribution in [3.8, 4) is 0 Å². The molecule has 1 aliphatic rings. The van der Waals surface area contributed by atoms with Gasteiger partial charge in [0, 0.05) is 6.54 Å².